The number of para-hydroxylation sites is 1. The largest absolute Gasteiger partial charge is 0.464 e. The molecule has 1 atom stereocenters. The second-order valence-corrected chi connectivity index (χ2v) is 5.30. The standard InChI is InChI=1S/C14H19ClN2O2/c1-3-19-13(18)14(8-9-17(2)10-14)16-12-7-5-4-6-11(12)15/h4-7,16H,3,8-10H2,1-2H3. The number of nitrogens with one attached hydrogen (secondary N) is 1. The molecule has 1 N–H and O–H groups in total. The molecule has 1 aromatic carbocycles. The average molecular weight is 283 g/mol. The van der Waals surface area contributed by atoms with Gasteiger partial charge in [-0.2, -0.15) is 0 Å². The van der Waals surface area contributed by atoms with Crippen LogP contribution in [0.25, 0.3) is 0 Å². The lowest BCUT2D eigenvalue weighted by Crippen LogP contribution is -2.49. The predicted octanol–water partition coefficient (Wildman–Crippen LogP) is 2.39. The Hall–Kier alpha value is -1.26. The van der Waals surface area contributed by atoms with Gasteiger partial charge in [0.15, 0.2) is 0 Å². The molecular formula is C14H19ClN2O2. The molecule has 0 radical (unpaired) electrons. The number of likely N-dealkylation sites (tertiary alicyclic amines) is 1. The van der Waals surface area contributed by atoms with E-state index in [1.54, 1.807) is 6.07 Å². The molecule has 104 valence electrons. The first-order valence-corrected chi connectivity index (χ1v) is 6.84. The average Bonchev–Trinajstić information content (AvgIpc) is 2.75. The fourth-order valence-corrected chi connectivity index (χ4v) is 2.59. The third kappa shape index (κ3) is 3.01. The maximum Gasteiger partial charge on any atom is 0.333 e. The number of ether oxygens (including phenoxy) is 1. The van der Waals surface area contributed by atoms with Gasteiger partial charge in [-0.1, -0.05) is 23.7 Å². The summed E-state index contributed by atoms with van der Waals surface area (Å²) in [5, 5.41) is 3.90. The number of likely N-dealkylation sites (N-methyl/N-ethyl adjacent to an activating group) is 1. The number of esters is 1. The van der Waals surface area contributed by atoms with E-state index in [0.29, 0.717) is 24.6 Å². The van der Waals surface area contributed by atoms with Gasteiger partial charge >= 0.3 is 5.97 Å². The summed E-state index contributed by atoms with van der Waals surface area (Å²) in [7, 11) is 2.00. The number of halogens is 1. The van der Waals surface area contributed by atoms with Crippen molar-refractivity contribution in [3.05, 3.63) is 29.3 Å². The molecule has 4 nitrogen and oxygen atoms in total. The van der Waals surface area contributed by atoms with Crippen molar-refractivity contribution in [1.82, 2.24) is 4.90 Å². The highest BCUT2D eigenvalue weighted by atomic mass is 35.5. The summed E-state index contributed by atoms with van der Waals surface area (Å²) < 4.78 is 5.22. The van der Waals surface area contributed by atoms with E-state index in [-0.39, 0.29) is 5.97 Å². The van der Waals surface area contributed by atoms with Crippen molar-refractivity contribution >= 4 is 23.3 Å². The number of carbonyl (C=O) groups excluding carboxylic acids is 1. The number of anilines is 1. The molecule has 1 unspecified atom stereocenters. The summed E-state index contributed by atoms with van der Waals surface area (Å²) in [4.78, 5) is 14.4. The van der Waals surface area contributed by atoms with Crippen LogP contribution in [-0.2, 0) is 9.53 Å². The van der Waals surface area contributed by atoms with Crippen LogP contribution in [0.15, 0.2) is 24.3 Å². The molecule has 0 bridgehead atoms. The van der Waals surface area contributed by atoms with Crippen LogP contribution in [0.1, 0.15) is 13.3 Å². The minimum absolute atomic E-state index is 0.209. The van der Waals surface area contributed by atoms with E-state index < -0.39 is 5.54 Å². The highest BCUT2D eigenvalue weighted by molar-refractivity contribution is 6.33. The summed E-state index contributed by atoms with van der Waals surface area (Å²) >= 11 is 6.15. The van der Waals surface area contributed by atoms with E-state index in [9.17, 15) is 4.79 Å². The maximum absolute atomic E-state index is 12.3. The van der Waals surface area contributed by atoms with Crippen molar-refractivity contribution in [2.45, 2.75) is 18.9 Å². The van der Waals surface area contributed by atoms with Gasteiger partial charge < -0.3 is 15.0 Å². The van der Waals surface area contributed by atoms with Gasteiger partial charge in [-0.3, -0.25) is 0 Å². The summed E-state index contributed by atoms with van der Waals surface area (Å²) in [5.74, 6) is -0.209. The summed E-state index contributed by atoms with van der Waals surface area (Å²) in [6.45, 7) is 3.68. The molecule has 0 amide bonds. The third-order valence-electron chi connectivity index (χ3n) is 3.37. The molecule has 1 aliphatic rings. The summed E-state index contributed by atoms with van der Waals surface area (Å²) in [6, 6.07) is 7.44. The van der Waals surface area contributed by atoms with Gasteiger partial charge in [0.1, 0.15) is 5.54 Å². The molecule has 1 aromatic rings. The van der Waals surface area contributed by atoms with E-state index in [2.05, 4.69) is 10.2 Å². The van der Waals surface area contributed by atoms with Gasteiger partial charge in [-0.25, -0.2) is 4.79 Å². The van der Waals surface area contributed by atoms with Crippen molar-refractivity contribution in [2.24, 2.45) is 0 Å². The third-order valence-corrected chi connectivity index (χ3v) is 3.70. The van der Waals surface area contributed by atoms with Crippen molar-refractivity contribution in [3.8, 4) is 0 Å². The fourth-order valence-electron chi connectivity index (χ4n) is 2.41. The zero-order valence-electron chi connectivity index (χ0n) is 11.3. The van der Waals surface area contributed by atoms with Gasteiger partial charge in [0.25, 0.3) is 0 Å². The smallest absolute Gasteiger partial charge is 0.333 e. The molecule has 0 saturated carbocycles. The van der Waals surface area contributed by atoms with Crippen LogP contribution in [0.2, 0.25) is 5.02 Å². The van der Waals surface area contributed by atoms with E-state index in [1.165, 1.54) is 0 Å². The molecule has 1 heterocycles. The Labute approximate surface area is 118 Å². The predicted molar refractivity (Wildman–Crippen MR) is 76.6 cm³/mol. The van der Waals surface area contributed by atoms with Crippen molar-refractivity contribution in [3.63, 3.8) is 0 Å². The molecule has 0 aliphatic carbocycles. The van der Waals surface area contributed by atoms with E-state index in [0.717, 1.165) is 12.2 Å². The van der Waals surface area contributed by atoms with Gasteiger partial charge in [0, 0.05) is 13.1 Å². The molecule has 2 rings (SSSR count). The Bertz CT molecular complexity index is 467. The first kappa shape index (κ1) is 14.2. The van der Waals surface area contributed by atoms with E-state index >= 15 is 0 Å². The lowest BCUT2D eigenvalue weighted by atomic mass is 9.98. The molecular weight excluding hydrogens is 264 g/mol. The summed E-state index contributed by atoms with van der Waals surface area (Å²) in [5.41, 5.74) is 0.0722. The second-order valence-electron chi connectivity index (χ2n) is 4.90. The first-order chi connectivity index (χ1) is 9.07. The SMILES string of the molecule is CCOC(=O)C1(Nc2ccccc2Cl)CCN(C)C1. The molecule has 1 fully saturated rings. The quantitative estimate of drug-likeness (QED) is 0.861. The van der Waals surface area contributed by atoms with Gasteiger partial charge in [-0.05, 0) is 32.5 Å². The van der Waals surface area contributed by atoms with Crippen LogP contribution in [0, 0.1) is 0 Å². The van der Waals surface area contributed by atoms with Gasteiger partial charge in [0.2, 0.25) is 0 Å². The topological polar surface area (TPSA) is 41.6 Å². The molecule has 5 heteroatoms. The van der Waals surface area contributed by atoms with Gasteiger partial charge in [0.05, 0.1) is 17.3 Å². The Balaban J connectivity index is 2.24. The number of rotatable bonds is 4. The highest BCUT2D eigenvalue weighted by Gasteiger charge is 2.45. The molecule has 19 heavy (non-hydrogen) atoms. The molecule has 0 spiro atoms. The lowest BCUT2D eigenvalue weighted by Gasteiger charge is -2.29. The monoisotopic (exact) mass is 282 g/mol. The van der Waals surface area contributed by atoms with Crippen LogP contribution in [0.5, 0.6) is 0 Å². The van der Waals surface area contributed by atoms with Crippen LogP contribution in [0.4, 0.5) is 5.69 Å². The van der Waals surface area contributed by atoms with Crippen molar-refractivity contribution in [1.29, 1.82) is 0 Å². The number of nitrogens with zero attached hydrogens (tertiary/aromatic N) is 1. The minimum Gasteiger partial charge on any atom is -0.464 e. The molecule has 0 aromatic heterocycles. The maximum atomic E-state index is 12.3. The Kier molecular flexibility index (Phi) is 4.32. The lowest BCUT2D eigenvalue weighted by molar-refractivity contribution is -0.148. The fraction of sp³-hybridized carbons (Fsp3) is 0.500. The first-order valence-electron chi connectivity index (χ1n) is 6.46. The Morgan fingerprint density at radius 2 is 2.26 bits per heavy atom. The van der Waals surface area contributed by atoms with Crippen molar-refractivity contribution in [2.75, 3.05) is 32.1 Å². The molecule has 1 aliphatic heterocycles. The van der Waals surface area contributed by atoms with Gasteiger partial charge in [-0.15, -0.1) is 0 Å². The summed E-state index contributed by atoms with van der Waals surface area (Å²) in [6.07, 6.45) is 0.716. The normalized spacial score (nSPS) is 23.3. The van der Waals surface area contributed by atoms with Crippen LogP contribution in [0.3, 0.4) is 0 Å². The van der Waals surface area contributed by atoms with E-state index in [1.807, 2.05) is 32.2 Å². The Morgan fingerprint density at radius 1 is 1.53 bits per heavy atom. The van der Waals surface area contributed by atoms with Crippen molar-refractivity contribution < 1.29 is 9.53 Å². The second kappa shape index (κ2) is 5.80. The zero-order chi connectivity index (χ0) is 13.9. The number of benzene rings is 1. The zero-order valence-corrected chi connectivity index (χ0v) is 12.0. The number of hydrogen-bond donors (Lipinski definition) is 1. The van der Waals surface area contributed by atoms with Crippen LogP contribution < -0.4 is 5.32 Å². The minimum atomic E-state index is -0.699. The Morgan fingerprint density at radius 3 is 2.84 bits per heavy atom. The highest BCUT2D eigenvalue weighted by Crippen LogP contribution is 2.30. The number of carbonyl (C=O) groups is 1. The van der Waals surface area contributed by atoms with E-state index in [4.69, 9.17) is 16.3 Å². The van der Waals surface area contributed by atoms with Crippen LogP contribution in [-0.4, -0.2) is 43.2 Å². The number of hydrogen-bond acceptors (Lipinski definition) is 4. The molecule has 1 saturated heterocycles. The van der Waals surface area contributed by atoms with Crippen LogP contribution >= 0.6 is 11.6 Å².